The predicted molar refractivity (Wildman–Crippen MR) is 93.0 cm³/mol. The van der Waals surface area contributed by atoms with Crippen LogP contribution in [-0.2, 0) is 11.2 Å². The first-order valence-electron chi connectivity index (χ1n) is 7.43. The molecule has 3 rings (SSSR count). The first-order valence-corrected chi connectivity index (χ1v) is 7.81. The highest BCUT2D eigenvalue weighted by molar-refractivity contribution is 6.30. The Kier molecular flexibility index (Phi) is 4.30. The third-order valence-electron chi connectivity index (χ3n) is 3.94. The largest absolute Gasteiger partial charge is 0.308 e. The van der Waals surface area contributed by atoms with Gasteiger partial charge >= 0.3 is 0 Å². The summed E-state index contributed by atoms with van der Waals surface area (Å²) in [6.45, 7) is 2.19. The van der Waals surface area contributed by atoms with Crippen LogP contribution in [0.25, 0.3) is 6.08 Å². The van der Waals surface area contributed by atoms with Gasteiger partial charge in [0.25, 0.3) is 5.91 Å². The van der Waals surface area contributed by atoms with Crippen LogP contribution in [0.1, 0.15) is 28.4 Å². The van der Waals surface area contributed by atoms with Crippen molar-refractivity contribution in [3.63, 3.8) is 0 Å². The van der Waals surface area contributed by atoms with Gasteiger partial charge in [0.15, 0.2) is 5.78 Å². The molecule has 3 nitrogen and oxygen atoms in total. The zero-order valence-corrected chi connectivity index (χ0v) is 13.5. The molecular weight excluding hydrogens is 310 g/mol. The molecule has 0 bridgehead atoms. The van der Waals surface area contributed by atoms with Gasteiger partial charge in [0.1, 0.15) is 0 Å². The van der Waals surface area contributed by atoms with Crippen LogP contribution < -0.4 is 4.90 Å². The second kappa shape index (κ2) is 6.39. The van der Waals surface area contributed by atoms with Crippen LogP contribution in [0.4, 0.5) is 5.69 Å². The van der Waals surface area contributed by atoms with Crippen LogP contribution in [0.2, 0.25) is 5.02 Å². The normalized spacial score (nSPS) is 13.4. The Morgan fingerprint density at radius 1 is 1.13 bits per heavy atom. The van der Waals surface area contributed by atoms with Crippen LogP contribution in [0.15, 0.2) is 48.5 Å². The molecule has 23 heavy (non-hydrogen) atoms. The molecule has 2 aromatic rings. The summed E-state index contributed by atoms with van der Waals surface area (Å²) in [7, 11) is 0. The van der Waals surface area contributed by atoms with Gasteiger partial charge in [-0.1, -0.05) is 23.7 Å². The zero-order chi connectivity index (χ0) is 16.4. The van der Waals surface area contributed by atoms with Gasteiger partial charge in [-0.3, -0.25) is 9.59 Å². The van der Waals surface area contributed by atoms with Gasteiger partial charge < -0.3 is 4.90 Å². The molecule has 1 heterocycles. The molecule has 2 aromatic carbocycles. The molecule has 0 saturated carbocycles. The maximum absolute atomic E-state index is 12.4. The number of fused-ring (bicyclic) bond motifs is 1. The van der Waals surface area contributed by atoms with E-state index in [1.54, 1.807) is 42.2 Å². The summed E-state index contributed by atoms with van der Waals surface area (Å²) >= 11 is 5.85. The molecule has 0 aromatic heterocycles. The van der Waals surface area contributed by atoms with Gasteiger partial charge in [-0.15, -0.1) is 0 Å². The Balaban J connectivity index is 1.78. The SMILES string of the molecule is CC(=O)c1ccc2c(c1)CCN2C(=O)/C=C/c1ccc(Cl)cc1. The summed E-state index contributed by atoms with van der Waals surface area (Å²) in [5, 5.41) is 0.670. The summed E-state index contributed by atoms with van der Waals surface area (Å²) in [4.78, 5) is 25.6. The summed E-state index contributed by atoms with van der Waals surface area (Å²) < 4.78 is 0. The standard InChI is InChI=1S/C19H16ClNO2/c1-13(22)15-5-8-18-16(12-15)10-11-21(18)19(23)9-4-14-2-6-17(20)7-3-14/h2-9,12H,10-11H2,1H3/b9-4+. The highest BCUT2D eigenvalue weighted by Crippen LogP contribution is 2.29. The van der Waals surface area contributed by atoms with Gasteiger partial charge in [-0.2, -0.15) is 0 Å². The minimum absolute atomic E-state index is 0.0419. The van der Waals surface area contributed by atoms with Crippen LogP contribution in [0, 0.1) is 0 Å². The Bertz CT molecular complexity index is 794. The van der Waals surface area contributed by atoms with Gasteiger partial charge in [-0.25, -0.2) is 0 Å². The number of halogens is 1. The van der Waals surface area contributed by atoms with Crippen molar-refractivity contribution in [2.75, 3.05) is 11.4 Å². The number of amides is 1. The van der Waals surface area contributed by atoms with E-state index in [2.05, 4.69) is 0 Å². The topological polar surface area (TPSA) is 37.4 Å². The lowest BCUT2D eigenvalue weighted by Crippen LogP contribution is -2.26. The van der Waals surface area contributed by atoms with Crippen LogP contribution in [-0.4, -0.2) is 18.2 Å². The number of carbonyl (C=O) groups excluding carboxylic acids is 2. The quantitative estimate of drug-likeness (QED) is 0.628. The monoisotopic (exact) mass is 325 g/mol. The summed E-state index contributed by atoms with van der Waals surface area (Å²) in [6, 6.07) is 12.8. The number of rotatable bonds is 3. The lowest BCUT2D eigenvalue weighted by molar-refractivity contribution is -0.114. The van der Waals surface area contributed by atoms with Crippen molar-refractivity contribution in [2.45, 2.75) is 13.3 Å². The summed E-state index contributed by atoms with van der Waals surface area (Å²) in [5.41, 5.74) is 3.55. The van der Waals surface area contributed by atoms with E-state index in [1.165, 1.54) is 0 Å². The molecule has 1 aliphatic heterocycles. The Morgan fingerprint density at radius 3 is 2.57 bits per heavy atom. The first-order chi connectivity index (χ1) is 11.0. The van der Waals surface area contributed by atoms with Crippen LogP contribution >= 0.6 is 11.6 Å². The number of nitrogens with zero attached hydrogens (tertiary/aromatic N) is 1. The Labute approximate surface area is 140 Å². The highest BCUT2D eigenvalue weighted by Gasteiger charge is 2.23. The maximum Gasteiger partial charge on any atom is 0.251 e. The summed E-state index contributed by atoms with van der Waals surface area (Å²) in [6.07, 6.45) is 4.12. The molecule has 0 atom stereocenters. The van der Waals surface area contributed by atoms with Gasteiger partial charge in [0.2, 0.25) is 0 Å². The van der Waals surface area contributed by atoms with E-state index in [0.717, 1.165) is 23.2 Å². The lowest BCUT2D eigenvalue weighted by Gasteiger charge is -2.15. The molecule has 1 aliphatic rings. The van der Waals surface area contributed by atoms with E-state index >= 15 is 0 Å². The van der Waals surface area contributed by atoms with Crippen LogP contribution in [0.5, 0.6) is 0 Å². The van der Waals surface area contributed by atoms with Crippen molar-refractivity contribution in [3.05, 3.63) is 70.3 Å². The van der Waals surface area contributed by atoms with E-state index in [1.807, 2.05) is 24.3 Å². The number of Topliss-reactive ketones (excluding diaryl/α,β-unsaturated/α-hetero) is 1. The molecular formula is C19H16ClNO2. The lowest BCUT2D eigenvalue weighted by atomic mass is 10.1. The van der Waals surface area contributed by atoms with Crippen molar-refractivity contribution in [2.24, 2.45) is 0 Å². The van der Waals surface area contributed by atoms with Crippen molar-refractivity contribution in [3.8, 4) is 0 Å². The molecule has 0 N–H and O–H groups in total. The van der Waals surface area contributed by atoms with Gasteiger partial charge in [-0.05, 0) is 60.9 Å². The Hall–Kier alpha value is -2.39. The number of hydrogen-bond donors (Lipinski definition) is 0. The van der Waals surface area contributed by atoms with Crippen molar-refractivity contribution in [1.29, 1.82) is 0 Å². The van der Waals surface area contributed by atoms with Crippen molar-refractivity contribution < 1.29 is 9.59 Å². The third kappa shape index (κ3) is 3.35. The first kappa shape index (κ1) is 15.5. The molecule has 0 unspecified atom stereocenters. The van der Waals surface area contributed by atoms with Crippen molar-refractivity contribution >= 4 is 35.1 Å². The van der Waals surface area contributed by atoms with E-state index in [9.17, 15) is 9.59 Å². The molecule has 0 aliphatic carbocycles. The molecule has 0 fully saturated rings. The van der Waals surface area contributed by atoms with Crippen LogP contribution in [0.3, 0.4) is 0 Å². The number of benzene rings is 2. The average Bonchev–Trinajstić information content (AvgIpc) is 2.97. The fourth-order valence-electron chi connectivity index (χ4n) is 2.68. The van der Waals surface area contributed by atoms with E-state index in [-0.39, 0.29) is 11.7 Å². The number of hydrogen-bond acceptors (Lipinski definition) is 2. The van der Waals surface area contributed by atoms with E-state index in [0.29, 0.717) is 17.1 Å². The van der Waals surface area contributed by atoms with E-state index in [4.69, 9.17) is 11.6 Å². The predicted octanol–water partition coefficient (Wildman–Crippen LogP) is 4.15. The maximum atomic E-state index is 12.4. The highest BCUT2D eigenvalue weighted by atomic mass is 35.5. The molecule has 4 heteroatoms. The van der Waals surface area contributed by atoms with Crippen molar-refractivity contribution in [1.82, 2.24) is 0 Å². The molecule has 0 spiro atoms. The third-order valence-corrected chi connectivity index (χ3v) is 4.19. The fourth-order valence-corrected chi connectivity index (χ4v) is 2.81. The second-order valence-corrected chi connectivity index (χ2v) is 5.96. The molecule has 0 saturated heterocycles. The smallest absolute Gasteiger partial charge is 0.251 e. The second-order valence-electron chi connectivity index (χ2n) is 5.52. The minimum Gasteiger partial charge on any atom is -0.308 e. The number of carbonyl (C=O) groups is 2. The Morgan fingerprint density at radius 2 is 1.87 bits per heavy atom. The number of anilines is 1. The number of ketones is 1. The fraction of sp³-hybridized carbons (Fsp3) is 0.158. The van der Waals surface area contributed by atoms with Gasteiger partial charge in [0.05, 0.1) is 0 Å². The van der Waals surface area contributed by atoms with E-state index < -0.39 is 0 Å². The van der Waals surface area contributed by atoms with Gasteiger partial charge in [0, 0.05) is 28.9 Å². The zero-order valence-electron chi connectivity index (χ0n) is 12.8. The summed E-state index contributed by atoms with van der Waals surface area (Å²) in [5.74, 6) is -0.0190. The molecule has 116 valence electrons. The average molecular weight is 326 g/mol. The molecule has 0 radical (unpaired) electrons. The molecule has 1 amide bonds. The minimum atomic E-state index is -0.0609.